The summed E-state index contributed by atoms with van der Waals surface area (Å²) >= 11 is 7.43. The Balaban J connectivity index is 1.92. The quantitative estimate of drug-likeness (QED) is 0.631. The number of benzene rings is 3. The van der Waals surface area contributed by atoms with E-state index in [2.05, 4.69) is 0 Å². The summed E-state index contributed by atoms with van der Waals surface area (Å²) in [5.41, 5.74) is 0.574. The summed E-state index contributed by atoms with van der Waals surface area (Å²) in [6.07, 6.45) is 0. The van der Waals surface area contributed by atoms with E-state index in [1.807, 2.05) is 30.3 Å². The molecule has 0 aliphatic rings. The van der Waals surface area contributed by atoms with Crippen LogP contribution in [0.3, 0.4) is 0 Å². The standard InChI is InChI=1S/C17H12ClFOS/c18-12-5-6-15(19)11(9-12)10-21-17-8-7-16(20)13-3-1-2-4-14(13)17/h1-9,20H,10H2. The van der Waals surface area contributed by atoms with Crippen molar-refractivity contribution in [2.45, 2.75) is 10.6 Å². The summed E-state index contributed by atoms with van der Waals surface area (Å²) in [6, 6.07) is 15.7. The molecule has 0 bridgehead atoms. The zero-order chi connectivity index (χ0) is 14.8. The van der Waals surface area contributed by atoms with Gasteiger partial charge in [-0.3, -0.25) is 0 Å². The largest absolute Gasteiger partial charge is 0.507 e. The van der Waals surface area contributed by atoms with Crippen LogP contribution in [0.5, 0.6) is 5.75 Å². The van der Waals surface area contributed by atoms with E-state index in [9.17, 15) is 9.50 Å². The summed E-state index contributed by atoms with van der Waals surface area (Å²) in [7, 11) is 0. The van der Waals surface area contributed by atoms with Crippen molar-refractivity contribution in [3.63, 3.8) is 0 Å². The number of thioether (sulfide) groups is 1. The highest BCUT2D eigenvalue weighted by molar-refractivity contribution is 7.98. The molecule has 1 nitrogen and oxygen atoms in total. The maximum Gasteiger partial charge on any atom is 0.127 e. The molecule has 0 saturated heterocycles. The Morgan fingerprint density at radius 1 is 1.00 bits per heavy atom. The molecule has 0 aliphatic heterocycles. The Morgan fingerprint density at radius 3 is 2.57 bits per heavy atom. The Hall–Kier alpha value is -1.71. The molecule has 0 spiro atoms. The van der Waals surface area contributed by atoms with E-state index >= 15 is 0 Å². The van der Waals surface area contributed by atoms with E-state index in [1.165, 1.54) is 17.8 Å². The summed E-state index contributed by atoms with van der Waals surface area (Å²) in [6.45, 7) is 0. The van der Waals surface area contributed by atoms with Crippen LogP contribution in [0.1, 0.15) is 5.56 Å². The van der Waals surface area contributed by atoms with E-state index in [0.29, 0.717) is 16.3 Å². The minimum absolute atomic E-state index is 0.254. The molecule has 0 unspecified atom stereocenters. The Bertz CT molecular complexity index is 804. The van der Waals surface area contributed by atoms with Gasteiger partial charge in [-0.25, -0.2) is 4.39 Å². The Labute approximate surface area is 131 Å². The van der Waals surface area contributed by atoms with Gasteiger partial charge in [0.1, 0.15) is 11.6 Å². The number of phenols is 1. The SMILES string of the molecule is Oc1ccc(SCc2cc(Cl)ccc2F)c2ccccc12. The van der Waals surface area contributed by atoms with Crippen molar-refractivity contribution in [2.24, 2.45) is 0 Å². The second kappa shape index (κ2) is 5.96. The maximum atomic E-state index is 13.7. The topological polar surface area (TPSA) is 20.2 Å². The second-order valence-corrected chi connectivity index (χ2v) is 6.11. The highest BCUT2D eigenvalue weighted by Gasteiger charge is 2.08. The van der Waals surface area contributed by atoms with Crippen LogP contribution in [-0.4, -0.2) is 5.11 Å². The van der Waals surface area contributed by atoms with Gasteiger partial charge in [0.15, 0.2) is 0 Å². The van der Waals surface area contributed by atoms with Crippen LogP contribution in [-0.2, 0) is 5.75 Å². The van der Waals surface area contributed by atoms with E-state index in [0.717, 1.165) is 15.7 Å². The molecule has 3 aromatic rings. The van der Waals surface area contributed by atoms with Crippen molar-refractivity contribution < 1.29 is 9.50 Å². The van der Waals surface area contributed by atoms with Gasteiger partial charge in [0.25, 0.3) is 0 Å². The molecule has 3 aromatic carbocycles. The van der Waals surface area contributed by atoms with Gasteiger partial charge in [0.05, 0.1) is 0 Å². The fourth-order valence-electron chi connectivity index (χ4n) is 2.19. The highest BCUT2D eigenvalue weighted by Crippen LogP contribution is 2.35. The molecule has 0 aromatic heterocycles. The third kappa shape index (κ3) is 2.99. The third-order valence-electron chi connectivity index (χ3n) is 3.25. The average Bonchev–Trinajstić information content (AvgIpc) is 2.50. The van der Waals surface area contributed by atoms with Crippen LogP contribution in [0.15, 0.2) is 59.5 Å². The maximum absolute atomic E-state index is 13.7. The predicted octanol–water partition coefficient (Wildman–Crippen LogP) is 5.63. The molecule has 0 heterocycles. The third-order valence-corrected chi connectivity index (χ3v) is 4.61. The number of phenolic OH excluding ortho intramolecular Hbond substituents is 1. The number of fused-ring (bicyclic) bond motifs is 1. The van der Waals surface area contributed by atoms with Gasteiger partial charge in [-0.1, -0.05) is 35.9 Å². The molecule has 0 aliphatic carbocycles. The summed E-state index contributed by atoms with van der Waals surface area (Å²) < 4.78 is 13.7. The molecular weight excluding hydrogens is 307 g/mol. The molecule has 21 heavy (non-hydrogen) atoms. The lowest BCUT2D eigenvalue weighted by atomic mass is 10.1. The number of hydrogen-bond acceptors (Lipinski definition) is 2. The van der Waals surface area contributed by atoms with Crippen LogP contribution in [0.4, 0.5) is 4.39 Å². The summed E-state index contributed by atoms with van der Waals surface area (Å²) in [5, 5.41) is 12.2. The highest BCUT2D eigenvalue weighted by atomic mass is 35.5. The number of hydrogen-bond donors (Lipinski definition) is 1. The fourth-order valence-corrected chi connectivity index (χ4v) is 3.42. The van der Waals surface area contributed by atoms with Crippen LogP contribution in [0.25, 0.3) is 10.8 Å². The predicted molar refractivity (Wildman–Crippen MR) is 86.6 cm³/mol. The van der Waals surface area contributed by atoms with Crippen LogP contribution >= 0.6 is 23.4 Å². The van der Waals surface area contributed by atoms with Crippen molar-refractivity contribution in [1.29, 1.82) is 0 Å². The number of halogens is 2. The lowest BCUT2D eigenvalue weighted by Gasteiger charge is -2.08. The van der Waals surface area contributed by atoms with Gasteiger partial charge in [-0.15, -0.1) is 11.8 Å². The lowest BCUT2D eigenvalue weighted by Crippen LogP contribution is -1.88. The van der Waals surface area contributed by atoms with E-state index in [-0.39, 0.29) is 11.6 Å². The monoisotopic (exact) mass is 318 g/mol. The Kier molecular flexibility index (Phi) is 4.04. The van der Waals surface area contributed by atoms with Crippen molar-refractivity contribution in [2.75, 3.05) is 0 Å². The minimum atomic E-state index is -0.255. The molecule has 0 fully saturated rings. The summed E-state index contributed by atoms with van der Waals surface area (Å²) in [5.74, 6) is 0.486. The molecule has 0 saturated carbocycles. The normalized spacial score (nSPS) is 11.0. The fraction of sp³-hybridized carbons (Fsp3) is 0.0588. The smallest absolute Gasteiger partial charge is 0.127 e. The van der Waals surface area contributed by atoms with Gasteiger partial charge in [-0.2, -0.15) is 0 Å². The van der Waals surface area contributed by atoms with E-state index in [4.69, 9.17) is 11.6 Å². The molecule has 0 amide bonds. The van der Waals surface area contributed by atoms with E-state index in [1.54, 1.807) is 18.2 Å². The first kappa shape index (κ1) is 14.2. The van der Waals surface area contributed by atoms with E-state index < -0.39 is 0 Å². The molecule has 1 N–H and O–H groups in total. The molecule has 0 radical (unpaired) electrons. The number of rotatable bonds is 3. The van der Waals surface area contributed by atoms with Gasteiger partial charge >= 0.3 is 0 Å². The molecule has 106 valence electrons. The van der Waals surface area contributed by atoms with Crippen molar-refractivity contribution in [3.8, 4) is 5.75 Å². The first-order chi connectivity index (χ1) is 10.1. The first-order valence-electron chi connectivity index (χ1n) is 6.42. The van der Waals surface area contributed by atoms with Crippen molar-refractivity contribution in [3.05, 3.63) is 71.0 Å². The van der Waals surface area contributed by atoms with Gasteiger partial charge < -0.3 is 5.11 Å². The molecular formula is C17H12ClFOS. The average molecular weight is 319 g/mol. The summed E-state index contributed by atoms with van der Waals surface area (Å²) in [4.78, 5) is 1.00. The number of aromatic hydroxyl groups is 1. The van der Waals surface area contributed by atoms with Crippen molar-refractivity contribution >= 4 is 34.1 Å². The van der Waals surface area contributed by atoms with Crippen LogP contribution in [0.2, 0.25) is 5.02 Å². The molecule has 0 atom stereocenters. The van der Waals surface area contributed by atoms with Gasteiger partial charge in [-0.05, 0) is 41.3 Å². The van der Waals surface area contributed by atoms with Crippen molar-refractivity contribution in [1.82, 2.24) is 0 Å². The lowest BCUT2D eigenvalue weighted by molar-refractivity contribution is 0.481. The zero-order valence-electron chi connectivity index (χ0n) is 11.0. The van der Waals surface area contributed by atoms with Crippen LogP contribution in [0, 0.1) is 5.82 Å². The second-order valence-electron chi connectivity index (χ2n) is 4.65. The molecule has 3 rings (SSSR count). The molecule has 4 heteroatoms. The first-order valence-corrected chi connectivity index (χ1v) is 7.79. The van der Waals surface area contributed by atoms with Crippen LogP contribution < -0.4 is 0 Å². The Morgan fingerprint density at radius 2 is 1.76 bits per heavy atom. The van der Waals surface area contributed by atoms with Gasteiger partial charge in [0, 0.05) is 21.1 Å². The minimum Gasteiger partial charge on any atom is -0.507 e. The van der Waals surface area contributed by atoms with Gasteiger partial charge in [0.2, 0.25) is 0 Å². The zero-order valence-corrected chi connectivity index (χ0v) is 12.6.